The molecule has 1 heterocycles. The van der Waals surface area contributed by atoms with Crippen LogP contribution in [0.1, 0.15) is 51.9 Å². The number of cyclic esters (lactones) is 1. The van der Waals surface area contributed by atoms with E-state index in [4.69, 9.17) is 4.74 Å². The van der Waals surface area contributed by atoms with Crippen LogP contribution in [0.15, 0.2) is 12.2 Å². The first-order chi connectivity index (χ1) is 8.74. The molecule has 3 nitrogen and oxygen atoms in total. The van der Waals surface area contributed by atoms with Gasteiger partial charge in [-0.2, -0.15) is 0 Å². The minimum atomic E-state index is -0.0527. The van der Waals surface area contributed by atoms with E-state index in [-0.39, 0.29) is 5.97 Å². The average Bonchev–Trinajstić information content (AvgIpc) is 2.36. The Morgan fingerprint density at radius 3 is 2.94 bits per heavy atom. The lowest BCUT2D eigenvalue weighted by atomic mass is 10.0. The Morgan fingerprint density at radius 1 is 1.39 bits per heavy atom. The third-order valence-corrected chi connectivity index (χ3v) is 3.54. The summed E-state index contributed by atoms with van der Waals surface area (Å²) >= 11 is 0. The highest BCUT2D eigenvalue weighted by Gasteiger charge is 2.13. The zero-order valence-electron chi connectivity index (χ0n) is 11.9. The Labute approximate surface area is 111 Å². The third-order valence-electron chi connectivity index (χ3n) is 3.54. The molecule has 1 aliphatic rings. The van der Waals surface area contributed by atoms with Gasteiger partial charge in [0.2, 0.25) is 0 Å². The van der Waals surface area contributed by atoms with Crippen LogP contribution in [0, 0.1) is 0 Å². The topological polar surface area (TPSA) is 29.5 Å². The zero-order valence-corrected chi connectivity index (χ0v) is 11.9. The van der Waals surface area contributed by atoms with Gasteiger partial charge < -0.3 is 9.64 Å². The van der Waals surface area contributed by atoms with E-state index in [0.29, 0.717) is 19.1 Å². The summed E-state index contributed by atoms with van der Waals surface area (Å²) in [6.07, 6.45) is 11.7. The molecule has 0 N–H and O–H groups in total. The van der Waals surface area contributed by atoms with Gasteiger partial charge in [-0.15, -0.1) is 0 Å². The number of hydrogen-bond acceptors (Lipinski definition) is 3. The molecule has 0 aromatic rings. The Morgan fingerprint density at radius 2 is 2.17 bits per heavy atom. The number of nitrogens with zero attached hydrogens (tertiary/aromatic N) is 1. The minimum absolute atomic E-state index is 0.0527. The van der Waals surface area contributed by atoms with E-state index < -0.39 is 0 Å². The summed E-state index contributed by atoms with van der Waals surface area (Å²) in [6, 6.07) is 0.610. The van der Waals surface area contributed by atoms with E-state index in [1.165, 1.54) is 19.3 Å². The molecular formula is C15H27NO2. The number of allylic oxidation sites excluding steroid dienone is 2. The number of ether oxygens (including phenoxy) is 1. The maximum atomic E-state index is 11.4. The fourth-order valence-electron chi connectivity index (χ4n) is 2.37. The predicted octanol–water partition coefficient (Wildman–Crippen LogP) is 3.15. The van der Waals surface area contributed by atoms with Crippen molar-refractivity contribution < 1.29 is 9.53 Å². The van der Waals surface area contributed by atoms with Crippen molar-refractivity contribution in [2.75, 3.05) is 20.2 Å². The summed E-state index contributed by atoms with van der Waals surface area (Å²) in [5.74, 6) is -0.0527. The van der Waals surface area contributed by atoms with Gasteiger partial charge in [-0.25, -0.2) is 0 Å². The van der Waals surface area contributed by atoms with Crippen molar-refractivity contribution in [3.8, 4) is 0 Å². The Balaban J connectivity index is 2.50. The zero-order chi connectivity index (χ0) is 13.2. The molecule has 1 aliphatic heterocycles. The highest BCUT2D eigenvalue weighted by atomic mass is 16.5. The van der Waals surface area contributed by atoms with Gasteiger partial charge in [0.1, 0.15) is 6.61 Å². The number of hydrogen-bond donors (Lipinski definition) is 0. The fourth-order valence-corrected chi connectivity index (χ4v) is 2.37. The van der Waals surface area contributed by atoms with Crippen LogP contribution in [0.3, 0.4) is 0 Å². The van der Waals surface area contributed by atoms with Crippen molar-refractivity contribution in [1.82, 2.24) is 4.90 Å². The first-order valence-electron chi connectivity index (χ1n) is 7.25. The summed E-state index contributed by atoms with van der Waals surface area (Å²) in [5.41, 5.74) is 0. The molecule has 0 saturated heterocycles. The number of carbonyl (C=O) groups excluding carboxylic acids is 1. The second-order valence-electron chi connectivity index (χ2n) is 5.08. The standard InChI is InChI=1S/C15H27NO2/c1-3-9-14-10-7-5-4-6-8-11-15(17)18-13-12-16(14)2/h4-5,14H,3,6-13H2,1-2H3. The third kappa shape index (κ3) is 6.20. The van der Waals surface area contributed by atoms with E-state index in [0.717, 1.165) is 25.8 Å². The maximum Gasteiger partial charge on any atom is 0.305 e. The van der Waals surface area contributed by atoms with Crippen molar-refractivity contribution in [1.29, 1.82) is 0 Å². The van der Waals surface area contributed by atoms with Crippen LogP contribution < -0.4 is 0 Å². The van der Waals surface area contributed by atoms with E-state index in [2.05, 4.69) is 31.0 Å². The van der Waals surface area contributed by atoms with Crippen LogP contribution in [0.5, 0.6) is 0 Å². The van der Waals surface area contributed by atoms with Crippen LogP contribution in [-0.2, 0) is 9.53 Å². The lowest BCUT2D eigenvalue weighted by Crippen LogP contribution is -2.34. The average molecular weight is 253 g/mol. The highest BCUT2D eigenvalue weighted by Crippen LogP contribution is 2.13. The normalized spacial score (nSPS) is 24.8. The molecule has 0 amide bonds. The molecule has 3 heteroatoms. The minimum Gasteiger partial charge on any atom is -0.464 e. The van der Waals surface area contributed by atoms with Gasteiger partial charge in [0.05, 0.1) is 0 Å². The van der Waals surface area contributed by atoms with E-state index >= 15 is 0 Å². The molecule has 18 heavy (non-hydrogen) atoms. The van der Waals surface area contributed by atoms with Crippen LogP contribution in [-0.4, -0.2) is 37.1 Å². The van der Waals surface area contributed by atoms with Gasteiger partial charge in [0.15, 0.2) is 0 Å². The van der Waals surface area contributed by atoms with Crippen LogP contribution in [0.25, 0.3) is 0 Å². The Hall–Kier alpha value is -0.830. The monoisotopic (exact) mass is 253 g/mol. The molecule has 0 aliphatic carbocycles. The van der Waals surface area contributed by atoms with Gasteiger partial charge in [-0.3, -0.25) is 4.79 Å². The van der Waals surface area contributed by atoms with E-state index in [9.17, 15) is 4.79 Å². The second kappa shape index (κ2) is 9.15. The van der Waals surface area contributed by atoms with Gasteiger partial charge in [0.25, 0.3) is 0 Å². The van der Waals surface area contributed by atoms with Crippen molar-refractivity contribution in [3.05, 3.63) is 12.2 Å². The molecule has 0 saturated carbocycles. The summed E-state index contributed by atoms with van der Waals surface area (Å²) in [5, 5.41) is 0. The predicted molar refractivity (Wildman–Crippen MR) is 74.5 cm³/mol. The summed E-state index contributed by atoms with van der Waals surface area (Å²) in [7, 11) is 2.14. The van der Waals surface area contributed by atoms with E-state index in [1.807, 2.05) is 0 Å². The number of esters is 1. The first kappa shape index (κ1) is 15.2. The molecule has 0 bridgehead atoms. The van der Waals surface area contributed by atoms with E-state index in [1.54, 1.807) is 0 Å². The molecule has 1 unspecified atom stereocenters. The molecule has 1 rings (SSSR count). The largest absolute Gasteiger partial charge is 0.464 e. The van der Waals surface area contributed by atoms with Crippen molar-refractivity contribution in [2.24, 2.45) is 0 Å². The molecular weight excluding hydrogens is 226 g/mol. The molecule has 104 valence electrons. The van der Waals surface area contributed by atoms with Gasteiger partial charge in [0, 0.05) is 19.0 Å². The number of rotatable bonds is 2. The lowest BCUT2D eigenvalue weighted by Gasteiger charge is -2.27. The van der Waals surface area contributed by atoms with Gasteiger partial charge in [-0.05, 0) is 39.2 Å². The quantitative estimate of drug-likeness (QED) is 0.559. The summed E-state index contributed by atoms with van der Waals surface area (Å²) in [6.45, 7) is 3.61. The maximum absolute atomic E-state index is 11.4. The number of likely N-dealkylation sites (N-methyl/N-ethyl adjacent to an activating group) is 1. The molecule has 0 fully saturated rings. The van der Waals surface area contributed by atoms with Crippen LogP contribution in [0.2, 0.25) is 0 Å². The molecule has 0 aromatic heterocycles. The van der Waals surface area contributed by atoms with Crippen LogP contribution in [0.4, 0.5) is 0 Å². The lowest BCUT2D eigenvalue weighted by molar-refractivity contribution is -0.144. The van der Waals surface area contributed by atoms with Gasteiger partial charge >= 0.3 is 5.97 Å². The Kier molecular flexibility index (Phi) is 7.74. The van der Waals surface area contributed by atoms with Crippen molar-refractivity contribution in [3.63, 3.8) is 0 Å². The van der Waals surface area contributed by atoms with Gasteiger partial charge in [-0.1, -0.05) is 25.5 Å². The SMILES string of the molecule is CCCC1CCC=CCCCC(=O)OCCN1C. The van der Waals surface area contributed by atoms with Crippen LogP contribution >= 0.6 is 0 Å². The molecule has 0 radical (unpaired) electrons. The fraction of sp³-hybridized carbons (Fsp3) is 0.800. The smallest absolute Gasteiger partial charge is 0.305 e. The van der Waals surface area contributed by atoms with Crippen molar-refractivity contribution in [2.45, 2.75) is 57.9 Å². The Bertz CT molecular complexity index is 263. The summed E-state index contributed by atoms with van der Waals surface area (Å²) in [4.78, 5) is 13.8. The first-order valence-corrected chi connectivity index (χ1v) is 7.25. The molecule has 0 spiro atoms. The number of carbonyl (C=O) groups is 1. The molecule has 0 aromatic carbocycles. The highest BCUT2D eigenvalue weighted by molar-refractivity contribution is 5.69. The van der Waals surface area contributed by atoms with Crippen molar-refractivity contribution >= 4 is 5.97 Å². The summed E-state index contributed by atoms with van der Waals surface area (Å²) < 4.78 is 5.25. The second-order valence-corrected chi connectivity index (χ2v) is 5.08. The molecule has 1 atom stereocenters.